The molecule has 0 aromatic heterocycles. The predicted octanol–water partition coefficient (Wildman–Crippen LogP) is 0.0323. The minimum absolute atomic E-state index is 0. The van der Waals surface area contributed by atoms with Gasteiger partial charge in [0.2, 0.25) is 0 Å². The number of carboxylic acids is 1. The first-order valence-electron chi connectivity index (χ1n) is 9.61. The summed E-state index contributed by atoms with van der Waals surface area (Å²) in [5.74, 6) is -1.15. The molecule has 0 N–H and O–H groups in total. The van der Waals surface area contributed by atoms with E-state index in [2.05, 4.69) is 59.6 Å². The first-order chi connectivity index (χ1) is 13.9. The van der Waals surface area contributed by atoms with Gasteiger partial charge in [-0.05, 0) is 29.3 Å². The Balaban J connectivity index is 0.00000320. The van der Waals surface area contributed by atoms with Crippen molar-refractivity contribution in [3.63, 3.8) is 0 Å². The van der Waals surface area contributed by atoms with Crippen molar-refractivity contribution in [3.8, 4) is 0 Å². The molecule has 148 valence electrons. The van der Waals surface area contributed by atoms with E-state index in [1.165, 1.54) is 10.6 Å². The van der Waals surface area contributed by atoms with Crippen molar-refractivity contribution in [1.29, 1.82) is 0 Å². The van der Waals surface area contributed by atoms with Gasteiger partial charge in [-0.3, -0.25) is 4.99 Å². The summed E-state index contributed by atoms with van der Waals surface area (Å²) in [6.45, 7) is 5.58. The summed E-state index contributed by atoms with van der Waals surface area (Å²) in [6.07, 6.45) is 1.70. The second kappa shape index (κ2) is 11.0. The molecule has 3 nitrogen and oxygen atoms in total. The summed E-state index contributed by atoms with van der Waals surface area (Å²) in [4.78, 5) is 16.0. The van der Waals surface area contributed by atoms with E-state index in [1.54, 1.807) is 6.21 Å². The zero-order valence-electron chi connectivity index (χ0n) is 17.9. The molecule has 3 aromatic rings. The average molecular weight is 425 g/mol. The van der Waals surface area contributed by atoms with E-state index in [1.807, 2.05) is 51.1 Å². The molecule has 0 aliphatic carbocycles. The van der Waals surface area contributed by atoms with Crippen molar-refractivity contribution >= 4 is 36.0 Å². The van der Waals surface area contributed by atoms with Gasteiger partial charge < -0.3 is 9.90 Å². The third kappa shape index (κ3) is 6.12. The van der Waals surface area contributed by atoms with Gasteiger partial charge in [-0.25, -0.2) is 0 Å². The standard InChI is InChI=1S/C25H26NO2P.Na/c1-25(2,3)23(24(27)28)26-18-19-12-10-11-17-22(19)29(20-13-6-4-7-14-20)21-15-8-5-9-16-21;/h4-18,23H,1-3H3,(H,27,28);/q;+1/p-1. The van der Waals surface area contributed by atoms with Crippen LogP contribution < -0.4 is 50.6 Å². The molecule has 0 aliphatic heterocycles. The third-order valence-corrected chi connectivity index (χ3v) is 7.13. The average Bonchev–Trinajstić information content (AvgIpc) is 2.70. The van der Waals surface area contributed by atoms with Crippen molar-refractivity contribution in [2.75, 3.05) is 0 Å². The number of nitrogens with zero attached hydrogens (tertiary/aromatic N) is 1. The smallest absolute Gasteiger partial charge is 0.548 e. The van der Waals surface area contributed by atoms with E-state index in [-0.39, 0.29) is 29.6 Å². The number of aliphatic imine (C=N–C) groups is 1. The SMILES string of the molecule is CC(C)(C)C(N=Cc1ccccc1P(c1ccccc1)c1ccccc1)C(=O)[O-].[Na+]. The Morgan fingerprint density at radius 1 is 0.867 bits per heavy atom. The number of benzene rings is 3. The largest absolute Gasteiger partial charge is 1.00 e. The van der Waals surface area contributed by atoms with Crippen molar-refractivity contribution < 1.29 is 39.5 Å². The summed E-state index contributed by atoms with van der Waals surface area (Å²) in [7, 11) is -0.795. The van der Waals surface area contributed by atoms with Gasteiger partial charge in [0.15, 0.2) is 0 Å². The molecule has 0 spiro atoms. The van der Waals surface area contributed by atoms with Crippen molar-refractivity contribution in [2.24, 2.45) is 10.4 Å². The van der Waals surface area contributed by atoms with Crippen LogP contribution in [-0.4, -0.2) is 18.2 Å². The number of hydrogen-bond acceptors (Lipinski definition) is 3. The van der Waals surface area contributed by atoms with Gasteiger partial charge in [0.25, 0.3) is 0 Å². The van der Waals surface area contributed by atoms with Gasteiger partial charge in [-0.1, -0.05) is 106 Å². The van der Waals surface area contributed by atoms with Crippen LogP contribution in [0.5, 0.6) is 0 Å². The molecule has 0 radical (unpaired) electrons. The van der Waals surface area contributed by atoms with Crippen LogP contribution in [-0.2, 0) is 4.79 Å². The Hall–Kier alpha value is -1.77. The van der Waals surface area contributed by atoms with Crippen molar-refractivity contribution in [3.05, 3.63) is 90.5 Å². The van der Waals surface area contributed by atoms with Crippen LogP contribution in [0, 0.1) is 5.41 Å². The monoisotopic (exact) mass is 425 g/mol. The topological polar surface area (TPSA) is 52.5 Å². The Kier molecular flexibility index (Phi) is 9.00. The summed E-state index contributed by atoms with van der Waals surface area (Å²) in [5, 5.41) is 15.2. The molecule has 0 heterocycles. The van der Waals surface area contributed by atoms with Crippen LogP contribution in [0.3, 0.4) is 0 Å². The molecule has 0 bridgehead atoms. The summed E-state index contributed by atoms with van der Waals surface area (Å²) in [6, 6.07) is 28.0. The third-order valence-electron chi connectivity index (χ3n) is 4.61. The second-order valence-corrected chi connectivity index (χ2v) is 10.1. The zero-order valence-corrected chi connectivity index (χ0v) is 20.8. The molecule has 0 saturated heterocycles. The van der Waals surface area contributed by atoms with Crippen molar-refractivity contribution in [2.45, 2.75) is 26.8 Å². The maximum atomic E-state index is 11.6. The van der Waals surface area contributed by atoms with Gasteiger partial charge in [0.1, 0.15) is 0 Å². The van der Waals surface area contributed by atoms with Gasteiger partial charge >= 0.3 is 29.6 Å². The van der Waals surface area contributed by atoms with Crippen LogP contribution in [0.4, 0.5) is 0 Å². The number of rotatable bonds is 6. The Morgan fingerprint density at radius 3 is 1.80 bits per heavy atom. The van der Waals surface area contributed by atoms with Gasteiger partial charge in [-0.15, -0.1) is 0 Å². The normalized spacial score (nSPS) is 12.5. The van der Waals surface area contributed by atoms with Crippen molar-refractivity contribution in [1.82, 2.24) is 0 Å². The molecule has 3 rings (SSSR count). The van der Waals surface area contributed by atoms with Crippen LogP contribution in [0.25, 0.3) is 0 Å². The first kappa shape index (κ1) is 24.5. The Labute approximate surface area is 202 Å². The maximum Gasteiger partial charge on any atom is 1.00 e. The molecule has 0 fully saturated rings. The van der Waals surface area contributed by atoms with E-state index in [0.717, 1.165) is 10.9 Å². The number of carbonyl (C=O) groups is 1. The van der Waals surface area contributed by atoms with Gasteiger partial charge in [0.05, 0.1) is 12.0 Å². The zero-order chi connectivity index (χ0) is 20.9. The molecule has 1 atom stereocenters. The Morgan fingerprint density at radius 2 is 1.33 bits per heavy atom. The van der Waals surface area contributed by atoms with E-state index < -0.39 is 25.3 Å². The molecule has 1 unspecified atom stereocenters. The first-order valence-corrected chi connectivity index (χ1v) is 11.0. The summed E-state index contributed by atoms with van der Waals surface area (Å²) in [5.41, 5.74) is 0.412. The fraction of sp³-hybridized carbons (Fsp3) is 0.200. The molecule has 0 saturated carbocycles. The van der Waals surface area contributed by atoms with E-state index in [9.17, 15) is 9.90 Å². The van der Waals surface area contributed by atoms with Gasteiger partial charge in [-0.2, -0.15) is 0 Å². The molecule has 5 heteroatoms. The molecule has 0 amide bonds. The van der Waals surface area contributed by atoms with Gasteiger partial charge in [0, 0.05) is 11.8 Å². The molecule has 30 heavy (non-hydrogen) atoms. The fourth-order valence-electron chi connectivity index (χ4n) is 3.17. The number of carboxylic acid groups (broad SMARTS) is 1. The van der Waals surface area contributed by atoms with Crippen LogP contribution in [0.1, 0.15) is 26.3 Å². The Bertz CT molecular complexity index is 945. The number of aliphatic carboxylic acids is 1. The maximum absolute atomic E-state index is 11.6. The molecule has 0 aliphatic rings. The van der Waals surface area contributed by atoms with Crippen LogP contribution >= 0.6 is 7.92 Å². The second-order valence-electron chi connectivity index (χ2n) is 7.93. The predicted molar refractivity (Wildman–Crippen MR) is 121 cm³/mol. The van der Waals surface area contributed by atoms with Crippen LogP contribution in [0.15, 0.2) is 89.9 Å². The fourth-order valence-corrected chi connectivity index (χ4v) is 5.60. The minimum Gasteiger partial charge on any atom is -0.548 e. The molecule has 3 aromatic carbocycles. The number of hydrogen-bond donors (Lipinski definition) is 0. The van der Waals surface area contributed by atoms with E-state index in [0.29, 0.717) is 0 Å². The van der Waals surface area contributed by atoms with Crippen LogP contribution in [0.2, 0.25) is 0 Å². The molecular formula is C25H25NNaO2P. The van der Waals surface area contributed by atoms with E-state index in [4.69, 9.17) is 0 Å². The summed E-state index contributed by atoms with van der Waals surface area (Å²) >= 11 is 0. The minimum atomic E-state index is -1.15. The quantitative estimate of drug-likeness (QED) is 0.318. The molecular weight excluding hydrogens is 400 g/mol. The summed E-state index contributed by atoms with van der Waals surface area (Å²) < 4.78 is 0. The van der Waals surface area contributed by atoms with E-state index >= 15 is 0 Å². The number of carbonyl (C=O) groups excluding carboxylic acids is 1.